The molecule has 1 nitrogen and oxygen atoms in total. The first kappa shape index (κ1) is 7.54. The minimum absolute atomic E-state index is 0.664. The van der Waals surface area contributed by atoms with E-state index in [9.17, 15) is 0 Å². The molecule has 8 heavy (non-hydrogen) atoms. The van der Waals surface area contributed by atoms with Gasteiger partial charge in [-0.05, 0) is 12.1 Å². The standard InChI is InChI=1S/C7H15N/c1-7(2)5-6-8(3)4/h5-7H,1-4H3. The van der Waals surface area contributed by atoms with E-state index < -0.39 is 0 Å². The Morgan fingerprint density at radius 1 is 1.25 bits per heavy atom. The Morgan fingerprint density at radius 3 is 1.88 bits per heavy atom. The summed E-state index contributed by atoms with van der Waals surface area (Å²) in [6.45, 7) is 4.33. The third-order valence-corrected chi connectivity index (χ3v) is 0.769. The first-order valence-electron chi connectivity index (χ1n) is 2.97. The average Bonchev–Trinajstić information content (AvgIpc) is 1.61. The van der Waals surface area contributed by atoms with Crippen molar-refractivity contribution in [1.29, 1.82) is 0 Å². The molecule has 0 radical (unpaired) electrons. The predicted octanol–water partition coefficient (Wildman–Crippen LogP) is 1.72. The van der Waals surface area contributed by atoms with E-state index >= 15 is 0 Å². The fourth-order valence-corrected chi connectivity index (χ4v) is 0.344. The van der Waals surface area contributed by atoms with Gasteiger partial charge < -0.3 is 4.90 Å². The maximum Gasteiger partial charge on any atom is 0.00555 e. The van der Waals surface area contributed by atoms with Gasteiger partial charge in [-0.15, -0.1) is 0 Å². The molecule has 0 saturated heterocycles. The molecule has 0 N–H and O–H groups in total. The molecule has 0 aliphatic rings. The van der Waals surface area contributed by atoms with Crippen LogP contribution in [0.1, 0.15) is 13.8 Å². The van der Waals surface area contributed by atoms with E-state index in [2.05, 4.69) is 26.1 Å². The van der Waals surface area contributed by atoms with Gasteiger partial charge in [-0.25, -0.2) is 0 Å². The molecule has 0 aromatic carbocycles. The summed E-state index contributed by atoms with van der Waals surface area (Å²) in [6, 6.07) is 0. The van der Waals surface area contributed by atoms with Gasteiger partial charge in [0.05, 0.1) is 0 Å². The quantitative estimate of drug-likeness (QED) is 0.527. The largest absolute Gasteiger partial charge is 0.384 e. The van der Waals surface area contributed by atoms with Crippen LogP contribution in [0.3, 0.4) is 0 Å². The molecule has 0 amide bonds. The molecule has 0 heterocycles. The highest BCUT2D eigenvalue weighted by Crippen LogP contribution is 1.92. The summed E-state index contributed by atoms with van der Waals surface area (Å²) < 4.78 is 0. The maximum atomic E-state index is 2.17. The third-order valence-electron chi connectivity index (χ3n) is 0.769. The molecule has 0 aliphatic carbocycles. The van der Waals surface area contributed by atoms with Crippen LogP contribution < -0.4 is 0 Å². The molecule has 0 atom stereocenters. The van der Waals surface area contributed by atoms with Crippen LogP contribution in [-0.2, 0) is 0 Å². The summed E-state index contributed by atoms with van der Waals surface area (Å²) in [5, 5.41) is 0. The molecule has 0 rings (SSSR count). The molecule has 0 fully saturated rings. The average molecular weight is 113 g/mol. The molecule has 0 spiro atoms. The van der Waals surface area contributed by atoms with E-state index in [0.717, 1.165) is 0 Å². The topological polar surface area (TPSA) is 3.24 Å². The zero-order valence-corrected chi connectivity index (χ0v) is 6.18. The second kappa shape index (κ2) is 3.53. The number of hydrogen-bond donors (Lipinski definition) is 0. The molecule has 0 aliphatic heterocycles. The molecule has 0 aromatic heterocycles. The number of rotatable bonds is 2. The van der Waals surface area contributed by atoms with E-state index in [4.69, 9.17) is 0 Å². The Balaban J connectivity index is 3.34. The monoisotopic (exact) mass is 113 g/mol. The molecule has 48 valence electrons. The van der Waals surface area contributed by atoms with Crippen LogP contribution in [0.4, 0.5) is 0 Å². The van der Waals surface area contributed by atoms with Crippen molar-refractivity contribution in [2.24, 2.45) is 5.92 Å². The third kappa shape index (κ3) is 5.54. The van der Waals surface area contributed by atoms with Gasteiger partial charge in [0.1, 0.15) is 0 Å². The van der Waals surface area contributed by atoms with E-state index in [0.29, 0.717) is 5.92 Å². The molecule has 0 saturated carbocycles. The summed E-state index contributed by atoms with van der Waals surface area (Å²) >= 11 is 0. The van der Waals surface area contributed by atoms with Crippen LogP contribution in [0.25, 0.3) is 0 Å². The minimum Gasteiger partial charge on any atom is -0.384 e. The minimum atomic E-state index is 0.664. The van der Waals surface area contributed by atoms with Crippen molar-refractivity contribution >= 4 is 0 Å². The number of hydrogen-bond acceptors (Lipinski definition) is 1. The van der Waals surface area contributed by atoms with E-state index in [1.54, 1.807) is 0 Å². The van der Waals surface area contributed by atoms with Gasteiger partial charge in [-0.3, -0.25) is 0 Å². The lowest BCUT2D eigenvalue weighted by atomic mass is 10.2. The molecular weight excluding hydrogens is 98.1 g/mol. The van der Waals surface area contributed by atoms with Gasteiger partial charge in [0.2, 0.25) is 0 Å². The Bertz CT molecular complexity index is 62.5. The molecule has 0 unspecified atom stereocenters. The zero-order chi connectivity index (χ0) is 6.57. The Hall–Kier alpha value is -0.460. The zero-order valence-electron chi connectivity index (χ0n) is 6.18. The highest BCUT2D eigenvalue weighted by Gasteiger charge is 1.81. The predicted molar refractivity (Wildman–Crippen MR) is 37.7 cm³/mol. The van der Waals surface area contributed by atoms with Crippen LogP contribution in [0, 0.1) is 5.92 Å². The Kier molecular flexibility index (Phi) is 3.33. The fraction of sp³-hybridized carbons (Fsp3) is 0.714. The summed E-state index contributed by atoms with van der Waals surface area (Å²) in [7, 11) is 4.05. The summed E-state index contributed by atoms with van der Waals surface area (Å²) in [5.74, 6) is 0.664. The highest BCUT2D eigenvalue weighted by molar-refractivity contribution is 4.81. The highest BCUT2D eigenvalue weighted by atomic mass is 15.0. The molecule has 1 heteroatoms. The summed E-state index contributed by atoms with van der Waals surface area (Å²) in [4.78, 5) is 2.04. The fourth-order valence-electron chi connectivity index (χ4n) is 0.344. The van der Waals surface area contributed by atoms with Gasteiger partial charge in [0.25, 0.3) is 0 Å². The Labute approximate surface area is 52.0 Å². The number of nitrogens with zero attached hydrogens (tertiary/aromatic N) is 1. The van der Waals surface area contributed by atoms with Gasteiger partial charge in [-0.1, -0.05) is 19.9 Å². The van der Waals surface area contributed by atoms with Crippen molar-refractivity contribution in [2.75, 3.05) is 14.1 Å². The van der Waals surface area contributed by atoms with E-state index in [1.807, 2.05) is 19.0 Å². The second-order valence-electron chi connectivity index (χ2n) is 2.55. The smallest absolute Gasteiger partial charge is 0.00555 e. The van der Waals surface area contributed by atoms with Gasteiger partial charge in [-0.2, -0.15) is 0 Å². The van der Waals surface area contributed by atoms with Crippen molar-refractivity contribution in [3.63, 3.8) is 0 Å². The van der Waals surface area contributed by atoms with Gasteiger partial charge in [0, 0.05) is 14.1 Å². The second-order valence-corrected chi connectivity index (χ2v) is 2.55. The molecule has 0 bridgehead atoms. The lowest BCUT2D eigenvalue weighted by Gasteiger charge is -2.03. The lowest BCUT2D eigenvalue weighted by Crippen LogP contribution is -2.00. The van der Waals surface area contributed by atoms with Crippen molar-refractivity contribution < 1.29 is 0 Å². The van der Waals surface area contributed by atoms with Crippen LogP contribution in [0.2, 0.25) is 0 Å². The normalized spacial score (nSPS) is 11.1. The van der Waals surface area contributed by atoms with E-state index in [-0.39, 0.29) is 0 Å². The van der Waals surface area contributed by atoms with Gasteiger partial charge >= 0.3 is 0 Å². The van der Waals surface area contributed by atoms with Crippen LogP contribution in [0.15, 0.2) is 12.3 Å². The molecular formula is C7H15N. The number of allylic oxidation sites excluding steroid dienone is 1. The van der Waals surface area contributed by atoms with Crippen LogP contribution in [-0.4, -0.2) is 19.0 Å². The Morgan fingerprint density at radius 2 is 1.75 bits per heavy atom. The lowest BCUT2D eigenvalue weighted by molar-refractivity contribution is 0.556. The SMILES string of the molecule is CC(C)C=CN(C)C. The maximum absolute atomic E-state index is 2.17. The van der Waals surface area contributed by atoms with Crippen LogP contribution in [0.5, 0.6) is 0 Å². The first-order valence-corrected chi connectivity index (χ1v) is 2.97. The summed E-state index contributed by atoms with van der Waals surface area (Å²) in [6.07, 6.45) is 4.24. The summed E-state index contributed by atoms with van der Waals surface area (Å²) in [5.41, 5.74) is 0. The van der Waals surface area contributed by atoms with Crippen molar-refractivity contribution in [3.05, 3.63) is 12.3 Å². The molecule has 0 aromatic rings. The van der Waals surface area contributed by atoms with Crippen molar-refractivity contribution in [2.45, 2.75) is 13.8 Å². The van der Waals surface area contributed by atoms with Crippen molar-refractivity contribution in [1.82, 2.24) is 4.90 Å². The van der Waals surface area contributed by atoms with Crippen LogP contribution >= 0.6 is 0 Å². The van der Waals surface area contributed by atoms with E-state index in [1.165, 1.54) is 0 Å². The van der Waals surface area contributed by atoms with Crippen molar-refractivity contribution in [3.8, 4) is 0 Å². The first-order chi connectivity index (χ1) is 3.63. The van der Waals surface area contributed by atoms with Gasteiger partial charge in [0.15, 0.2) is 0 Å².